The van der Waals surface area contributed by atoms with Crippen molar-refractivity contribution in [1.82, 2.24) is 25.1 Å². The van der Waals surface area contributed by atoms with Crippen LogP contribution in [0.2, 0.25) is 0 Å². The second-order valence-electron chi connectivity index (χ2n) is 10.0. The number of rotatable bonds is 8. The summed E-state index contributed by atoms with van der Waals surface area (Å²) in [6.45, 7) is 10.5. The molecule has 0 saturated heterocycles. The fraction of sp³-hybridized carbons (Fsp3) is 0.0571. The van der Waals surface area contributed by atoms with Gasteiger partial charge in [0, 0.05) is 51.8 Å². The van der Waals surface area contributed by atoms with E-state index in [-0.39, 0.29) is 5.82 Å². The van der Waals surface area contributed by atoms with Gasteiger partial charge in [0.25, 0.3) is 0 Å². The van der Waals surface area contributed by atoms with Gasteiger partial charge in [0.2, 0.25) is 0 Å². The molecule has 0 bridgehead atoms. The van der Waals surface area contributed by atoms with E-state index in [0.717, 1.165) is 73.1 Å². The fourth-order valence-electron chi connectivity index (χ4n) is 4.99. The van der Waals surface area contributed by atoms with Gasteiger partial charge >= 0.3 is 0 Å². The molecule has 0 radical (unpaired) electrons. The molecular formula is C35H29FN6. The molecule has 0 aliphatic heterocycles. The Morgan fingerprint density at radius 1 is 0.976 bits per heavy atom. The highest BCUT2D eigenvalue weighted by Gasteiger charge is 2.14. The van der Waals surface area contributed by atoms with Crippen LogP contribution in [0, 0.1) is 5.82 Å². The van der Waals surface area contributed by atoms with Crippen LogP contribution in [0.4, 0.5) is 10.1 Å². The molecule has 0 unspecified atom stereocenters. The van der Waals surface area contributed by atoms with Gasteiger partial charge in [-0.1, -0.05) is 49.6 Å². The molecule has 7 heteroatoms. The van der Waals surface area contributed by atoms with Crippen molar-refractivity contribution in [2.24, 2.45) is 0 Å². The summed E-state index contributed by atoms with van der Waals surface area (Å²) in [6, 6.07) is 22.5. The maximum atomic E-state index is 13.5. The average Bonchev–Trinajstić information content (AvgIpc) is 3.62. The Bertz CT molecular complexity index is 2040. The minimum Gasteiger partial charge on any atom is -0.358 e. The van der Waals surface area contributed by atoms with Crippen LogP contribution in [-0.4, -0.2) is 25.1 Å². The Hall–Kier alpha value is -5.56. The van der Waals surface area contributed by atoms with E-state index in [4.69, 9.17) is 0 Å². The first-order valence-corrected chi connectivity index (χ1v) is 13.6. The summed E-state index contributed by atoms with van der Waals surface area (Å²) in [7, 11) is 0. The van der Waals surface area contributed by atoms with Crippen LogP contribution in [0.1, 0.15) is 18.1 Å². The number of halogens is 1. The van der Waals surface area contributed by atoms with Crippen LogP contribution in [0.5, 0.6) is 0 Å². The summed E-state index contributed by atoms with van der Waals surface area (Å²) in [6.07, 6.45) is 10.0. The molecule has 0 aliphatic rings. The molecule has 42 heavy (non-hydrogen) atoms. The van der Waals surface area contributed by atoms with E-state index >= 15 is 0 Å². The Kier molecular flexibility index (Phi) is 7.30. The number of fused-ring (bicyclic) bond motifs is 1. The van der Waals surface area contributed by atoms with Crippen molar-refractivity contribution < 1.29 is 4.39 Å². The Morgan fingerprint density at radius 3 is 2.57 bits per heavy atom. The van der Waals surface area contributed by atoms with Crippen LogP contribution in [0.3, 0.4) is 0 Å². The van der Waals surface area contributed by atoms with Crippen LogP contribution in [0.15, 0.2) is 110 Å². The monoisotopic (exact) mass is 552 g/mol. The van der Waals surface area contributed by atoms with Crippen molar-refractivity contribution in [3.8, 4) is 22.6 Å². The van der Waals surface area contributed by atoms with Gasteiger partial charge in [-0.3, -0.25) is 15.1 Å². The van der Waals surface area contributed by atoms with Crippen LogP contribution in [0.25, 0.3) is 51.3 Å². The molecule has 4 aromatic heterocycles. The number of aromatic amines is 2. The second kappa shape index (κ2) is 11.5. The number of aromatic nitrogens is 5. The Labute approximate surface area is 242 Å². The summed E-state index contributed by atoms with van der Waals surface area (Å²) < 4.78 is 13.5. The lowest BCUT2D eigenvalue weighted by Gasteiger charge is -2.11. The summed E-state index contributed by atoms with van der Waals surface area (Å²) >= 11 is 0. The predicted molar refractivity (Wildman–Crippen MR) is 169 cm³/mol. The maximum absolute atomic E-state index is 13.5. The lowest BCUT2D eigenvalue weighted by atomic mass is 10.1. The lowest BCUT2D eigenvalue weighted by molar-refractivity contribution is 0.628. The third-order valence-electron chi connectivity index (χ3n) is 7.05. The molecule has 206 valence electrons. The summed E-state index contributed by atoms with van der Waals surface area (Å²) in [5.41, 5.74) is 8.67. The number of nitrogens with zero attached hydrogens (tertiary/aromatic N) is 3. The minimum absolute atomic E-state index is 0.283. The number of H-pyrrole nitrogens is 2. The van der Waals surface area contributed by atoms with E-state index in [1.165, 1.54) is 17.7 Å². The van der Waals surface area contributed by atoms with Crippen LogP contribution in [-0.2, 0) is 6.42 Å². The lowest BCUT2D eigenvalue weighted by Crippen LogP contribution is -2.23. The van der Waals surface area contributed by atoms with Gasteiger partial charge in [-0.25, -0.2) is 4.39 Å². The molecule has 0 amide bonds. The normalized spacial score (nSPS) is 12.1. The summed E-state index contributed by atoms with van der Waals surface area (Å²) in [5, 5.41) is 13.9. The van der Waals surface area contributed by atoms with Gasteiger partial charge in [0.05, 0.1) is 28.6 Å². The first kappa shape index (κ1) is 26.7. The number of nitrogens with one attached hydrogen (secondary N) is 3. The van der Waals surface area contributed by atoms with E-state index in [1.807, 2.05) is 55.5 Å². The highest BCUT2D eigenvalue weighted by Crippen LogP contribution is 2.29. The minimum atomic E-state index is -0.283. The Morgan fingerprint density at radius 2 is 1.79 bits per heavy atom. The predicted octanol–water partition coefficient (Wildman–Crippen LogP) is 6.62. The smallest absolute Gasteiger partial charge is 0.123 e. The molecular weight excluding hydrogens is 523 g/mol. The molecule has 3 N–H and O–H groups in total. The topological polar surface area (TPSA) is 82.3 Å². The highest BCUT2D eigenvalue weighted by atomic mass is 19.1. The first-order chi connectivity index (χ1) is 20.5. The van der Waals surface area contributed by atoms with E-state index in [9.17, 15) is 4.39 Å². The average molecular weight is 553 g/mol. The number of benzene rings is 2. The van der Waals surface area contributed by atoms with Gasteiger partial charge in [0.15, 0.2) is 0 Å². The largest absolute Gasteiger partial charge is 0.358 e. The van der Waals surface area contributed by atoms with Gasteiger partial charge in [-0.2, -0.15) is 5.10 Å². The first-order valence-electron chi connectivity index (χ1n) is 13.6. The molecule has 0 aliphatic carbocycles. The molecule has 0 saturated carbocycles. The van der Waals surface area contributed by atoms with Gasteiger partial charge in [-0.05, 0) is 66.6 Å². The third-order valence-corrected chi connectivity index (χ3v) is 7.05. The Balaban J connectivity index is 1.32. The highest BCUT2D eigenvalue weighted by molar-refractivity contribution is 5.96. The van der Waals surface area contributed by atoms with Crippen molar-refractivity contribution in [2.75, 3.05) is 5.32 Å². The van der Waals surface area contributed by atoms with Crippen molar-refractivity contribution in [3.05, 3.63) is 138 Å². The number of pyridine rings is 2. The summed E-state index contributed by atoms with van der Waals surface area (Å²) in [4.78, 5) is 12.5. The number of anilines is 1. The van der Waals surface area contributed by atoms with Crippen molar-refractivity contribution in [3.63, 3.8) is 0 Å². The molecule has 4 heterocycles. The van der Waals surface area contributed by atoms with Crippen molar-refractivity contribution >= 4 is 34.3 Å². The molecule has 2 aromatic carbocycles. The standard InChI is InChI=1S/C35H29FN6/c1-4-31-29(16-22(2)26-18-28(21-37-20-26)39-23(3)17-24-8-6-5-7-9-24)35(42-41-31)33-19-30-32(40-33)14-15-38-34(30)25-10-12-27(36)13-11-25/h4-16,18-21,39-41H,2-3,17H2,1H3/b29-16+,31-4+. The van der Waals surface area contributed by atoms with E-state index < -0.39 is 0 Å². The number of hydrogen-bond donors (Lipinski definition) is 3. The van der Waals surface area contributed by atoms with E-state index in [0.29, 0.717) is 0 Å². The molecule has 0 spiro atoms. The van der Waals surface area contributed by atoms with Gasteiger partial charge in [-0.15, -0.1) is 0 Å². The zero-order chi connectivity index (χ0) is 29.1. The van der Waals surface area contributed by atoms with Crippen LogP contribution < -0.4 is 15.9 Å². The molecule has 6 nitrogen and oxygen atoms in total. The van der Waals surface area contributed by atoms with Crippen molar-refractivity contribution in [2.45, 2.75) is 13.3 Å². The summed E-state index contributed by atoms with van der Waals surface area (Å²) in [5.74, 6) is -0.283. The zero-order valence-corrected chi connectivity index (χ0v) is 23.2. The molecule has 6 aromatic rings. The molecule has 6 rings (SSSR count). The zero-order valence-electron chi connectivity index (χ0n) is 23.2. The second-order valence-corrected chi connectivity index (χ2v) is 10.0. The van der Waals surface area contributed by atoms with Gasteiger partial charge < -0.3 is 10.3 Å². The third kappa shape index (κ3) is 5.53. The maximum Gasteiger partial charge on any atom is 0.123 e. The van der Waals surface area contributed by atoms with E-state index in [1.54, 1.807) is 30.7 Å². The van der Waals surface area contributed by atoms with E-state index in [2.05, 4.69) is 55.8 Å². The van der Waals surface area contributed by atoms with Gasteiger partial charge in [0.1, 0.15) is 11.5 Å². The fourth-order valence-corrected chi connectivity index (χ4v) is 4.99. The molecule has 0 atom stereocenters. The number of hydrogen-bond acceptors (Lipinski definition) is 4. The quantitative estimate of drug-likeness (QED) is 0.198. The number of allylic oxidation sites excluding steroid dienone is 2. The molecule has 0 fully saturated rings. The SMILES string of the molecule is C=C(Cc1ccccc1)Nc1cncc(C(=C)/C=c2/c(-c3cc4c(-c5ccc(F)cc5)nccc4[nH]3)n[nH]/c2=C/C)c1. The van der Waals surface area contributed by atoms with Crippen molar-refractivity contribution in [1.29, 1.82) is 0 Å². The van der Waals surface area contributed by atoms with Crippen LogP contribution >= 0.6 is 0 Å².